The average molecular weight is 264 g/mol. The first-order chi connectivity index (χ1) is 9.15. The Morgan fingerprint density at radius 3 is 2.47 bits per heavy atom. The zero-order valence-electron chi connectivity index (χ0n) is 11.1. The van der Waals surface area contributed by atoms with E-state index in [1.54, 1.807) is 12.1 Å². The van der Waals surface area contributed by atoms with Gasteiger partial charge in [-0.1, -0.05) is 12.1 Å². The van der Waals surface area contributed by atoms with E-state index in [0.717, 1.165) is 37.7 Å². The number of hydrogen-bond acceptors (Lipinski definition) is 2. The fourth-order valence-corrected chi connectivity index (χ4v) is 2.51. The number of carbonyl (C=O) groups excluding carboxylic acids is 1. The monoisotopic (exact) mass is 264 g/mol. The lowest BCUT2D eigenvalue weighted by atomic mass is 9.86. The van der Waals surface area contributed by atoms with Crippen LogP contribution in [-0.2, 0) is 11.2 Å². The molecule has 3 nitrogen and oxygen atoms in total. The molecule has 0 saturated heterocycles. The highest BCUT2D eigenvalue weighted by Crippen LogP contribution is 2.23. The molecular weight excluding hydrogens is 243 g/mol. The lowest BCUT2D eigenvalue weighted by Crippen LogP contribution is -2.37. The standard InChI is InChI=1S/C15H21FN2O/c16-13-5-1-11(2-6-13)9-10-18-15(19)12-3-7-14(17)8-4-12/h1-2,5-6,12,14H,3-4,7-10,17H2,(H,18,19). The Hall–Kier alpha value is -1.42. The molecule has 0 spiro atoms. The van der Waals surface area contributed by atoms with Gasteiger partial charge in [0, 0.05) is 18.5 Å². The first kappa shape index (κ1) is 14.0. The summed E-state index contributed by atoms with van der Waals surface area (Å²) in [6.07, 6.45) is 4.40. The zero-order valence-corrected chi connectivity index (χ0v) is 11.1. The van der Waals surface area contributed by atoms with E-state index in [4.69, 9.17) is 5.73 Å². The Kier molecular flexibility index (Phi) is 4.91. The van der Waals surface area contributed by atoms with Crippen LogP contribution in [0.15, 0.2) is 24.3 Å². The predicted molar refractivity (Wildman–Crippen MR) is 73.0 cm³/mol. The number of carbonyl (C=O) groups is 1. The summed E-state index contributed by atoms with van der Waals surface area (Å²) in [5.41, 5.74) is 6.86. The van der Waals surface area contributed by atoms with E-state index < -0.39 is 0 Å². The molecule has 1 aromatic carbocycles. The van der Waals surface area contributed by atoms with Crippen molar-refractivity contribution in [2.75, 3.05) is 6.54 Å². The SMILES string of the molecule is NC1CCC(C(=O)NCCc2ccc(F)cc2)CC1. The maximum atomic E-state index is 12.7. The summed E-state index contributed by atoms with van der Waals surface area (Å²) in [6.45, 7) is 0.604. The summed E-state index contributed by atoms with van der Waals surface area (Å²) in [6, 6.07) is 6.66. The van der Waals surface area contributed by atoms with Gasteiger partial charge in [-0.15, -0.1) is 0 Å². The van der Waals surface area contributed by atoms with Gasteiger partial charge in [-0.25, -0.2) is 4.39 Å². The van der Waals surface area contributed by atoms with E-state index in [2.05, 4.69) is 5.32 Å². The quantitative estimate of drug-likeness (QED) is 0.874. The molecule has 1 aromatic rings. The van der Waals surface area contributed by atoms with Crippen LogP contribution in [0, 0.1) is 11.7 Å². The number of nitrogens with two attached hydrogens (primary N) is 1. The van der Waals surface area contributed by atoms with Crippen LogP contribution < -0.4 is 11.1 Å². The number of nitrogens with one attached hydrogen (secondary N) is 1. The van der Waals surface area contributed by atoms with Gasteiger partial charge in [-0.3, -0.25) is 4.79 Å². The van der Waals surface area contributed by atoms with Crippen molar-refractivity contribution in [1.29, 1.82) is 0 Å². The third kappa shape index (κ3) is 4.31. The molecule has 1 aliphatic carbocycles. The van der Waals surface area contributed by atoms with Crippen molar-refractivity contribution in [1.82, 2.24) is 5.32 Å². The van der Waals surface area contributed by atoms with E-state index >= 15 is 0 Å². The maximum absolute atomic E-state index is 12.7. The fraction of sp³-hybridized carbons (Fsp3) is 0.533. The second kappa shape index (κ2) is 6.66. The second-order valence-corrected chi connectivity index (χ2v) is 5.28. The molecule has 2 rings (SSSR count). The van der Waals surface area contributed by atoms with Crippen LogP contribution in [0.4, 0.5) is 4.39 Å². The van der Waals surface area contributed by atoms with E-state index in [-0.39, 0.29) is 23.7 Å². The zero-order chi connectivity index (χ0) is 13.7. The maximum Gasteiger partial charge on any atom is 0.223 e. The van der Waals surface area contributed by atoms with Crippen molar-refractivity contribution in [3.63, 3.8) is 0 Å². The Morgan fingerprint density at radius 1 is 1.21 bits per heavy atom. The highest BCUT2D eigenvalue weighted by molar-refractivity contribution is 5.78. The second-order valence-electron chi connectivity index (χ2n) is 5.28. The minimum atomic E-state index is -0.230. The van der Waals surface area contributed by atoms with Crippen LogP contribution in [-0.4, -0.2) is 18.5 Å². The molecule has 0 atom stereocenters. The number of hydrogen-bond donors (Lipinski definition) is 2. The minimum absolute atomic E-state index is 0.119. The van der Waals surface area contributed by atoms with Crippen LogP contribution in [0.5, 0.6) is 0 Å². The van der Waals surface area contributed by atoms with E-state index in [0.29, 0.717) is 6.54 Å². The summed E-state index contributed by atoms with van der Waals surface area (Å²) < 4.78 is 12.7. The largest absolute Gasteiger partial charge is 0.356 e. The summed E-state index contributed by atoms with van der Waals surface area (Å²) >= 11 is 0. The number of benzene rings is 1. The van der Waals surface area contributed by atoms with Crippen LogP contribution in [0.1, 0.15) is 31.2 Å². The molecule has 1 fully saturated rings. The normalized spacial score (nSPS) is 23.1. The molecule has 104 valence electrons. The average Bonchev–Trinajstić information content (AvgIpc) is 2.41. The van der Waals surface area contributed by atoms with Crippen molar-refractivity contribution in [2.45, 2.75) is 38.1 Å². The molecule has 0 unspecified atom stereocenters. The van der Waals surface area contributed by atoms with Crippen LogP contribution in [0.25, 0.3) is 0 Å². The van der Waals surface area contributed by atoms with Gasteiger partial charge >= 0.3 is 0 Å². The van der Waals surface area contributed by atoms with Gasteiger partial charge in [0.05, 0.1) is 0 Å². The van der Waals surface area contributed by atoms with Gasteiger partial charge in [0.25, 0.3) is 0 Å². The first-order valence-electron chi connectivity index (χ1n) is 6.93. The number of amides is 1. The third-order valence-electron chi connectivity index (χ3n) is 3.77. The molecule has 3 N–H and O–H groups in total. The van der Waals surface area contributed by atoms with Crippen molar-refractivity contribution < 1.29 is 9.18 Å². The first-order valence-corrected chi connectivity index (χ1v) is 6.93. The van der Waals surface area contributed by atoms with E-state index in [9.17, 15) is 9.18 Å². The topological polar surface area (TPSA) is 55.1 Å². The molecule has 0 bridgehead atoms. The van der Waals surface area contributed by atoms with Gasteiger partial charge in [-0.05, 0) is 49.8 Å². The molecule has 0 aromatic heterocycles. The summed E-state index contributed by atoms with van der Waals surface area (Å²) in [7, 11) is 0. The number of halogens is 1. The van der Waals surface area contributed by atoms with E-state index in [1.807, 2.05) is 0 Å². The lowest BCUT2D eigenvalue weighted by Gasteiger charge is -2.25. The van der Waals surface area contributed by atoms with Crippen molar-refractivity contribution in [2.24, 2.45) is 11.7 Å². The minimum Gasteiger partial charge on any atom is -0.356 e. The highest BCUT2D eigenvalue weighted by atomic mass is 19.1. The molecule has 19 heavy (non-hydrogen) atoms. The summed E-state index contributed by atoms with van der Waals surface area (Å²) in [4.78, 5) is 11.9. The Labute approximate surface area is 113 Å². The molecule has 1 amide bonds. The van der Waals surface area contributed by atoms with Gasteiger partial charge in [0.15, 0.2) is 0 Å². The molecular formula is C15H21FN2O. The smallest absolute Gasteiger partial charge is 0.223 e. The molecule has 0 radical (unpaired) electrons. The Morgan fingerprint density at radius 2 is 1.84 bits per heavy atom. The molecule has 1 aliphatic rings. The fourth-order valence-electron chi connectivity index (χ4n) is 2.51. The van der Waals surface area contributed by atoms with Gasteiger partial charge in [-0.2, -0.15) is 0 Å². The Balaban J connectivity index is 1.70. The summed E-state index contributed by atoms with van der Waals surface area (Å²) in [5, 5.41) is 2.96. The lowest BCUT2D eigenvalue weighted by molar-refractivity contribution is -0.125. The van der Waals surface area contributed by atoms with Crippen LogP contribution in [0.3, 0.4) is 0 Å². The van der Waals surface area contributed by atoms with E-state index in [1.165, 1.54) is 12.1 Å². The van der Waals surface area contributed by atoms with Gasteiger partial charge in [0.2, 0.25) is 5.91 Å². The summed E-state index contributed by atoms with van der Waals surface area (Å²) in [5.74, 6) is 0.0216. The highest BCUT2D eigenvalue weighted by Gasteiger charge is 2.23. The molecule has 1 saturated carbocycles. The predicted octanol–water partition coefficient (Wildman–Crippen LogP) is 2.00. The molecule has 0 aliphatic heterocycles. The Bertz CT molecular complexity index is 411. The van der Waals surface area contributed by atoms with Crippen LogP contribution in [0.2, 0.25) is 0 Å². The van der Waals surface area contributed by atoms with Gasteiger partial charge < -0.3 is 11.1 Å². The van der Waals surface area contributed by atoms with Crippen LogP contribution >= 0.6 is 0 Å². The molecule has 0 heterocycles. The van der Waals surface area contributed by atoms with Gasteiger partial charge in [0.1, 0.15) is 5.82 Å². The van der Waals surface area contributed by atoms with Crippen molar-refractivity contribution >= 4 is 5.91 Å². The number of rotatable bonds is 4. The third-order valence-corrected chi connectivity index (χ3v) is 3.77. The van der Waals surface area contributed by atoms with Crippen molar-refractivity contribution in [3.05, 3.63) is 35.6 Å². The van der Waals surface area contributed by atoms with Crippen molar-refractivity contribution in [3.8, 4) is 0 Å². The molecule has 4 heteroatoms.